The number of carbonyl (C=O) groups excluding carboxylic acids is 2. The Labute approximate surface area is 115 Å². The summed E-state index contributed by atoms with van der Waals surface area (Å²) in [5.41, 5.74) is 1.54. The van der Waals surface area contributed by atoms with Crippen LogP contribution in [0, 0.1) is 4.91 Å². The van der Waals surface area contributed by atoms with Gasteiger partial charge in [-0.05, 0) is 23.8 Å². The molecule has 0 saturated heterocycles. The van der Waals surface area contributed by atoms with Crippen LogP contribution in [0.4, 0.5) is 0 Å². The highest BCUT2D eigenvalue weighted by Crippen LogP contribution is 2.09. The fourth-order valence-electron chi connectivity index (χ4n) is 1.66. The van der Waals surface area contributed by atoms with Gasteiger partial charge < -0.3 is 0 Å². The highest BCUT2D eigenvalue weighted by molar-refractivity contribution is 6.07. The third-order valence-corrected chi connectivity index (χ3v) is 2.73. The van der Waals surface area contributed by atoms with Crippen LogP contribution >= 0.6 is 0 Å². The number of amides is 1. The third kappa shape index (κ3) is 3.32. The van der Waals surface area contributed by atoms with Gasteiger partial charge in [-0.15, -0.1) is 4.91 Å². The minimum Gasteiger partial charge on any atom is -0.289 e. The van der Waals surface area contributed by atoms with Crippen LogP contribution in [0.25, 0.3) is 6.08 Å². The van der Waals surface area contributed by atoms with Gasteiger partial charge in [0.25, 0.3) is 0 Å². The molecule has 0 aliphatic heterocycles. The molecule has 2 rings (SSSR count). The summed E-state index contributed by atoms with van der Waals surface area (Å²) < 4.78 is 0. The Morgan fingerprint density at radius 1 is 0.850 bits per heavy atom. The molecule has 0 N–H and O–H groups in total. The van der Waals surface area contributed by atoms with Crippen LogP contribution in [-0.4, -0.2) is 11.7 Å². The summed E-state index contributed by atoms with van der Waals surface area (Å²) in [4.78, 5) is 33.0. The maximum absolute atomic E-state index is 11.9. The van der Waals surface area contributed by atoms with E-state index in [1.54, 1.807) is 6.08 Å². The number of hydrogen-bond donors (Lipinski definition) is 0. The SMILES string of the molecule is O=NC(=O)c1ccc(C(=O)/C=C/c2ccccc2)cc1. The van der Waals surface area contributed by atoms with E-state index in [4.69, 9.17) is 0 Å². The number of rotatable bonds is 4. The van der Waals surface area contributed by atoms with E-state index in [0.717, 1.165) is 5.56 Å². The van der Waals surface area contributed by atoms with Crippen molar-refractivity contribution in [3.05, 3.63) is 82.3 Å². The first-order valence-corrected chi connectivity index (χ1v) is 5.96. The van der Waals surface area contributed by atoms with Crippen LogP contribution in [0.2, 0.25) is 0 Å². The van der Waals surface area contributed by atoms with E-state index in [-0.39, 0.29) is 11.3 Å². The predicted molar refractivity (Wildman–Crippen MR) is 76.4 cm³/mol. The van der Waals surface area contributed by atoms with Gasteiger partial charge in [0.05, 0.1) is 0 Å². The fraction of sp³-hybridized carbons (Fsp3) is 0. The smallest absolute Gasteiger partial charge is 0.289 e. The topological polar surface area (TPSA) is 63.6 Å². The molecular formula is C16H11NO3. The van der Waals surface area contributed by atoms with Crippen molar-refractivity contribution in [2.75, 3.05) is 0 Å². The summed E-state index contributed by atoms with van der Waals surface area (Å²) in [6.07, 6.45) is 3.18. The standard InChI is InChI=1S/C16H11NO3/c18-15(11-6-12-4-2-1-3-5-12)13-7-9-14(10-8-13)16(19)17-20/h1-11H/b11-6+. The minimum absolute atomic E-state index is 0.170. The van der Waals surface area contributed by atoms with Gasteiger partial charge in [-0.1, -0.05) is 48.5 Å². The van der Waals surface area contributed by atoms with E-state index in [2.05, 4.69) is 5.18 Å². The lowest BCUT2D eigenvalue weighted by atomic mass is 10.1. The van der Waals surface area contributed by atoms with Crippen molar-refractivity contribution in [2.45, 2.75) is 0 Å². The molecule has 0 fully saturated rings. The molecule has 1 amide bonds. The monoisotopic (exact) mass is 265 g/mol. The van der Waals surface area contributed by atoms with Crippen molar-refractivity contribution < 1.29 is 9.59 Å². The molecule has 0 atom stereocenters. The molecule has 2 aromatic rings. The molecule has 0 bridgehead atoms. The summed E-state index contributed by atoms with van der Waals surface area (Å²) in [5, 5.41) is 2.32. The van der Waals surface area contributed by atoms with Crippen molar-refractivity contribution >= 4 is 17.8 Å². The van der Waals surface area contributed by atoms with Gasteiger partial charge in [0.15, 0.2) is 5.78 Å². The summed E-state index contributed by atoms with van der Waals surface area (Å²) in [5.74, 6) is -1.02. The van der Waals surface area contributed by atoms with Crippen LogP contribution in [-0.2, 0) is 0 Å². The quantitative estimate of drug-likeness (QED) is 0.483. The Bertz CT molecular complexity index is 658. The molecule has 0 aliphatic carbocycles. The summed E-state index contributed by atoms with van der Waals surface area (Å²) in [6.45, 7) is 0. The Kier molecular flexibility index (Phi) is 4.29. The molecule has 2 aromatic carbocycles. The number of carbonyl (C=O) groups is 2. The lowest BCUT2D eigenvalue weighted by Crippen LogP contribution is -1.97. The second kappa shape index (κ2) is 6.33. The molecular weight excluding hydrogens is 254 g/mol. The molecule has 0 radical (unpaired) electrons. The highest BCUT2D eigenvalue weighted by atomic mass is 16.3. The van der Waals surface area contributed by atoms with Crippen molar-refractivity contribution in [2.24, 2.45) is 5.18 Å². The Balaban J connectivity index is 2.12. The molecule has 4 nitrogen and oxygen atoms in total. The van der Waals surface area contributed by atoms with Crippen LogP contribution in [0.5, 0.6) is 0 Å². The Morgan fingerprint density at radius 3 is 2.05 bits per heavy atom. The highest BCUT2D eigenvalue weighted by Gasteiger charge is 2.07. The van der Waals surface area contributed by atoms with Crippen molar-refractivity contribution in [3.63, 3.8) is 0 Å². The van der Waals surface area contributed by atoms with E-state index < -0.39 is 5.91 Å². The number of nitrogens with zero attached hydrogens (tertiary/aromatic N) is 1. The number of hydrogen-bond acceptors (Lipinski definition) is 3. The van der Waals surface area contributed by atoms with Gasteiger partial charge in [-0.25, -0.2) is 0 Å². The number of allylic oxidation sites excluding steroid dienone is 1. The first kappa shape index (κ1) is 13.5. The fourth-order valence-corrected chi connectivity index (χ4v) is 1.66. The Morgan fingerprint density at radius 2 is 1.45 bits per heavy atom. The summed E-state index contributed by atoms with van der Waals surface area (Å²) in [7, 11) is 0. The zero-order valence-corrected chi connectivity index (χ0v) is 10.5. The molecule has 4 heteroatoms. The molecule has 0 saturated carbocycles. The lowest BCUT2D eigenvalue weighted by Gasteiger charge is -1.97. The average molecular weight is 265 g/mol. The molecule has 20 heavy (non-hydrogen) atoms. The van der Waals surface area contributed by atoms with Gasteiger partial charge in [-0.3, -0.25) is 9.59 Å². The van der Waals surface area contributed by atoms with Gasteiger partial charge in [0.2, 0.25) is 0 Å². The molecule has 0 aliphatic rings. The van der Waals surface area contributed by atoms with E-state index in [9.17, 15) is 14.5 Å². The van der Waals surface area contributed by atoms with E-state index in [1.807, 2.05) is 30.3 Å². The summed E-state index contributed by atoms with van der Waals surface area (Å²) in [6, 6.07) is 15.3. The second-order valence-electron chi connectivity index (χ2n) is 4.08. The van der Waals surface area contributed by atoms with Crippen LogP contribution in [0.15, 0.2) is 65.9 Å². The number of nitroso groups, excluding NO2 is 1. The van der Waals surface area contributed by atoms with Crippen molar-refractivity contribution in [3.8, 4) is 0 Å². The van der Waals surface area contributed by atoms with E-state index >= 15 is 0 Å². The van der Waals surface area contributed by atoms with E-state index in [1.165, 1.54) is 30.3 Å². The largest absolute Gasteiger partial charge is 0.316 e. The van der Waals surface area contributed by atoms with E-state index in [0.29, 0.717) is 5.56 Å². The minimum atomic E-state index is -0.844. The maximum Gasteiger partial charge on any atom is 0.316 e. The average Bonchev–Trinajstić information content (AvgIpc) is 2.53. The third-order valence-electron chi connectivity index (χ3n) is 2.73. The maximum atomic E-state index is 11.9. The van der Waals surface area contributed by atoms with Crippen LogP contribution in [0.1, 0.15) is 26.3 Å². The van der Waals surface area contributed by atoms with Gasteiger partial charge in [0, 0.05) is 16.3 Å². The van der Waals surface area contributed by atoms with Gasteiger partial charge in [0.1, 0.15) is 0 Å². The van der Waals surface area contributed by atoms with Gasteiger partial charge in [-0.2, -0.15) is 0 Å². The Hall–Kier alpha value is -2.88. The molecule has 0 spiro atoms. The second-order valence-corrected chi connectivity index (χ2v) is 4.08. The predicted octanol–water partition coefficient (Wildman–Crippen LogP) is 3.49. The van der Waals surface area contributed by atoms with Crippen LogP contribution in [0.3, 0.4) is 0 Å². The normalized spacial score (nSPS) is 10.4. The van der Waals surface area contributed by atoms with Gasteiger partial charge >= 0.3 is 5.91 Å². The lowest BCUT2D eigenvalue weighted by molar-refractivity contribution is 0.0998. The summed E-state index contributed by atoms with van der Waals surface area (Å²) >= 11 is 0. The molecule has 0 unspecified atom stereocenters. The number of ketones is 1. The molecule has 0 aromatic heterocycles. The van der Waals surface area contributed by atoms with Crippen molar-refractivity contribution in [1.29, 1.82) is 0 Å². The zero-order valence-electron chi connectivity index (χ0n) is 10.5. The first-order valence-electron chi connectivity index (χ1n) is 5.96. The zero-order chi connectivity index (χ0) is 14.4. The van der Waals surface area contributed by atoms with Crippen LogP contribution < -0.4 is 0 Å². The number of benzene rings is 2. The first-order chi connectivity index (χ1) is 9.70. The molecule has 0 heterocycles. The van der Waals surface area contributed by atoms with Crippen molar-refractivity contribution in [1.82, 2.24) is 0 Å². The molecule has 98 valence electrons.